The van der Waals surface area contributed by atoms with E-state index < -0.39 is 5.82 Å². The molecule has 4 heteroatoms. The van der Waals surface area contributed by atoms with Crippen molar-refractivity contribution in [3.8, 4) is 6.07 Å². The van der Waals surface area contributed by atoms with Gasteiger partial charge >= 0.3 is 0 Å². The molecule has 1 atom stereocenters. The molecular formula is C13H18FN3. The monoisotopic (exact) mass is 235 g/mol. The van der Waals surface area contributed by atoms with Crippen LogP contribution in [0.25, 0.3) is 0 Å². The van der Waals surface area contributed by atoms with Gasteiger partial charge in [0.25, 0.3) is 0 Å². The Morgan fingerprint density at radius 2 is 2.29 bits per heavy atom. The van der Waals surface area contributed by atoms with Crippen molar-refractivity contribution in [2.45, 2.75) is 32.2 Å². The molecule has 0 aromatic heterocycles. The average molecular weight is 235 g/mol. The van der Waals surface area contributed by atoms with Crippen molar-refractivity contribution in [3.05, 3.63) is 29.6 Å². The lowest BCUT2D eigenvalue weighted by Gasteiger charge is -2.18. The highest BCUT2D eigenvalue weighted by Crippen LogP contribution is 2.19. The predicted molar refractivity (Wildman–Crippen MR) is 67.1 cm³/mol. The Hall–Kier alpha value is -1.60. The van der Waals surface area contributed by atoms with Gasteiger partial charge in [-0.1, -0.05) is 25.8 Å². The van der Waals surface area contributed by atoms with Crippen molar-refractivity contribution in [1.82, 2.24) is 0 Å². The van der Waals surface area contributed by atoms with Gasteiger partial charge in [0, 0.05) is 12.6 Å². The van der Waals surface area contributed by atoms with Gasteiger partial charge in [0.1, 0.15) is 17.4 Å². The number of unbranched alkanes of at least 4 members (excludes halogenated alkanes) is 1. The van der Waals surface area contributed by atoms with E-state index in [-0.39, 0.29) is 11.6 Å². The van der Waals surface area contributed by atoms with Crippen LogP contribution in [0.1, 0.15) is 31.7 Å². The predicted octanol–water partition coefficient (Wildman–Crippen LogP) is 2.63. The Balaban J connectivity index is 2.79. The summed E-state index contributed by atoms with van der Waals surface area (Å²) in [4.78, 5) is 0. The number of nitrogens with two attached hydrogens (primary N) is 1. The summed E-state index contributed by atoms with van der Waals surface area (Å²) in [6.07, 6.45) is 3.08. The van der Waals surface area contributed by atoms with Crippen LogP contribution >= 0.6 is 0 Å². The summed E-state index contributed by atoms with van der Waals surface area (Å²) >= 11 is 0. The molecule has 1 aromatic carbocycles. The summed E-state index contributed by atoms with van der Waals surface area (Å²) in [7, 11) is 0. The van der Waals surface area contributed by atoms with Gasteiger partial charge in [-0.3, -0.25) is 0 Å². The second kappa shape index (κ2) is 6.87. The van der Waals surface area contributed by atoms with Gasteiger partial charge in [-0.15, -0.1) is 0 Å². The normalized spacial score (nSPS) is 11.9. The molecule has 0 fully saturated rings. The van der Waals surface area contributed by atoms with Crippen molar-refractivity contribution >= 4 is 5.69 Å². The first-order chi connectivity index (χ1) is 8.22. The van der Waals surface area contributed by atoms with E-state index in [9.17, 15) is 4.39 Å². The number of hydrogen-bond acceptors (Lipinski definition) is 3. The average Bonchev–Trinajstić information content (AvgIpc) is 2.34. The topological polar surface area (TPSA) is 61.8 Å². The van der Waals surface area contributed by atoms with Gasteiger partial charge in [0.15, 0.2) is 0 Å². The highest BCUT2D eigenvalue weighted by molar-refractivity contribution is 5.58. The maximum absolute atomic E-state index is 13.4. The minimum atomic E-state index is -0.497. The molecule has 0 saturated carbocycles. The van der Waals surface area contributed by atoms with Crippen LogP contribution in [0.5, 0.6) is 0 Å². The minimum absolute atomic E-state index is 0.0578. The third-order valence-corrected chi connectivity index (χ3v) is 2.68. The first-order valence-electron chi connectivity index (χ1n) is 5.88. The van der Waals surface area contributed by atoms with Crippen molar-refractivity contribution in [1.29, 1.82) is 5.26 Å². The van der Waals surface area contributed by atoms with Crippen LogP contribution in [0.2, 0.25) is 0 Å². The lowest BCUT2D eigenvalue weighted by molar-refractivity contribution is 0.608. The van der Waals surface area contributed by atoms with Crippen molar-refractivity contribution in [2.24, 2.45) is 5.73 Å². The molecule has 3 nitrogen and oxygen atoms in total. The van der Waals surface area contributed by atoms with E-state index in [1.807, 2.05) is 6.07 Å². The Morgan fingerprint density at radius 3 is 2.88 bits per heavy atom. The number of nitrogens with one attached hydrogen (secondary N) is 1. The van der Waals surface area contributed by atoms with E-state index in [1.54, 1.807) is 12.1 Å². The number of nitrogens with zero attached hydrogens (tertiary/aromatic N) is 1. The Bertz CT molecular complexity index is 398. The summed E-state index contributed by atoms with van der Waals surface area (Å²) in [6, 6.07) is 6.54. The molecule has 0 heterocycles. The second-order valence-electron chi connectivity index (χ2n) is 3.99. The molecule has 0 bridgehead atoms. The van der Waals surface area contributed by atoms with Crippen molar-refractivity contribution in [2.75, 3.05) is 11.9 Å². The van der Waals surface area contributed by atoms with Crippen LogP contribution in [0, 0.1) is 17.1 Å². The summed E-state index contributed by atoms with van der Waals surface area (Å²) < 4.78 is 13.4. The van der Waals surface area contributed by atoms with Crippen LogP contribution < -0.4 is 11.1 Å². The van der Waals surface area contributed by atoms with Crippen LogP contribution in [0.15, 0.2) is 18.2 Å². The first-order valence-corrected chi connectivity index (χ1v) is 5.88. The summed E-state index contributed by atoms with van der Waals surface area (Å²) in [6.45, 7) is 2.58. The number of anilines is 1. The van der Waals surface area contributed by atoms with E-state index in [1.165, 1.54) is 6.07 Å². The Labute approximate surface area is 101 Å². The Morgan fingerprint density at radius 1 is 1.53 bits per heavy atom. The lowest BCUT2D eigenvalue weighted by atomic mass is 10.1. The van der Waals surface area contributed by atoms with Gasteiger partial charge in [-0.25, -0.2) is 4.39 Å². The van der Waals surface area contributed by atoms with E-state index in [0.29, 0.717) is 12.2 Å². The zero-order chi connectivity index (χ0) is 12.7. The molecule has 17 heavy (non-hydrogen) atoms. The molecule has 0 radical (unpaired) electrons. The fourth-order valence-corrected chi connectivity index (χ4v) is 1.68. The van der Waals surface area contributed by atoms with Crippen LogP contribution in [-0.4, -0.2) is 12.6 Å². The van der Waals surface area contributed by atoms with Gasteiger partial charge in [-0.05, 0) is 18.6 Å². The highest BCUT2D eigenvalue weighted by atomic mass is 19.1. The summed E-state index contributed by atoms with van der Waals surface area (Å²) in [5, 5.41) is 12.0. The molecular weight excluding hydrogens is 217 g/mol. The molecule has 0 aliphatic heterocycles. The van der Waals surface area contributed by atoms with Crippen molar-refractivity contribution in [3.63, 3.8) is 0 Å². The summed E-state index contributed by atoms with van der Waals surface area (Å²) in [5.74, 6) is -0.497. The third kappa shape index (κ3) is 3.72. The number of rotatable bonds is 6. The number of halogens is 1. The number of nitriles is 1. The molecule has 1 aromatic rings. The van der Waals surface area contributed by atoms with Crippen LogP contribution in [0.4, 0.5) is 10.1 Å². The first kappa shape index (κ1) is 13.5. The second-order valence-corrected chi connectivity index (χ2v) is 3.99. The molecule has 0 aliphatic carbocycles. The minimum Gasteiger partial charge on any atom is -0.380 e. The molecule has 0 amide bonds. The van der Waals surface area contributed by atoms with Crippen LogP contribution in [-0.2, 0) is 0 Å². The zero-order valence-corrected chi connectivity index (χ0v) is 10.0. The van der Waals surface area contributed by atoms with Gasteiger partial charge in [0.2, 0.25) is 0 Å². The molecule has 1 unspecified atom stereocenters. The van der Waals surface area contributed by atoms with Gasteiger partial charge in [0.05, 0.1) is 5.69 Å². The molecule has 3 N–H and O–H groups in total. The summed E-state index contributed by atoms with van der Waals surface area (Å²) in [5.41, 5.74) is 6.24. The van der Waals surface area contributed by atoms with Crippen molar-refractivity contribution < 1.29 is 4.39 Å². The lowest BCUT2D eigenvalue weighted by Crippen LogP contribution is -2.29. The SMILES string of the molecule is CCCCC(CN)Nc1cccc(F)c1C#N. The van der Waals surface area contributed by atoms with E-state index in [4.69, 9.17) is 11.0 Å². The fraction of sp³-hybridized carbons (Fsp3) is 0.462. The fourth-order valence-electron chi connectivity index (χ4n) is 1.68. The standard InChI is InChI=1S/C13H18FN3/c1-2-3-5-10(8-15)17-13-7-4-6-12(14)11(13)9-16/h4,6-7,10,17H,2-3,5,8,15H2,1H3. The molecule has 0 spiro atoms. The van der Waals surface area contributed by atoms with Gasteiger partial charge < -0.3 is 11.1 Å². The third-order valence-electron chi connectivity index (χ3n) is 2.68. The number of hydrogen-bond donors (Lipinski definition) is 2. The smallest absolute Gasteiger partial charge is 0.143 e. The van der Waals surface area contributed by atoms with E-state index in [2.05, 4.69) is 12.2 Å². The Kier molecular flexibility index (Phi) is 5.44. The quantitative estimate of drug-likeness (QED) is 0.796. The molecule has 0 saturated heterocycles. The van der Waals surface area contributed by atoms with E-state index in [0.717, 1.165) is 19.3 Å². The maximum Gasteiger partial charge on any atom is 0.143 e. The number of benzene rings is 1. The van der Waals surface area contributed by atoms with Crippen LogP contribution in [0.3, 0.4) is 0 Å². The molecule has 92 valence electrons. The van der Waals surface area contributed by atoms with Gasteiger partial charge in [-0.2, -0.15) is 5.26 Å². The highest BCUT2D eigenvalue weighted by Gasteiger charge is 2.11. The zero-order valence-electron chi connectivity index (χ0n) is 10.0. The molecule has 0 aliphatic rings. The van der Waals surface area contributed by atoms with E-state index >= 15 is 0 Å². The maximum atomic E-state index is 13.4. The molecule has 1 rings (SSSR count). The largest absolute Gasteiger partial charge is 0.380 e.